The van der Waals surface area contributed by atoms with E-state index in [2.05, 4.69) is 20.2 Å². The van der Waals surface area contributed by atoms with Crippen molar-refractivity contribution in [2.75, 3.05) is 26.2 Å². The molecule has 6 heteroatoms. The number of aromatic nitrogens is 2. The number of rotatable bonds is 3. The van der Waals surface area contributed by atoms with E-state index < -0.39 is 0 Å². The number of nitrogens with zero attached hydrogens (tertiary/aromatic N) is 4. The Morgan fingerprint density at radius 3 is 2.71 bits per heavy atom. The maximum absolute atomic E-state index is 12.3. The van der Waals surface area contributed by atoms with Crippen LogP contribution in [-0.4, -0.2) is 51.9 Å². The fraction of sp³-hybridized carbons (Fsp3) is 0.400. The summed E-state index contributed by atoms with van der Waals surface area (Å²) in [5.74, 6) is 0.0275. The highest BCUT2D eigenvalue weighted by Gasteiger charge is 2.23. The zero-order chi connectivity index (χ0) is 14.7. The summed E-state index contributed by atoms with van der Waals surface area (Å²) in [5, 5.41) is 3.22. The molecule has 0 bridgehead atoms. The molecule has 0 saturated carbocycles. The summed E-state index contributed by atoms with van der Waals surface area (Å²) < 4.78 is 0. The monoisotopic (exact) mass is 302 g/mol. The minimum atomic E-state index is 0.0275. The van der Waals surface area contributed by atoms with Crippen molar-refractivity contribution in [3.05, 3.63) is 46.2 Å². The van der Waals surface area contributed by atoms with Gasteiger partial charge in [-0.2, -0.15) is 0 Å². The van der Waals surface area contributed by atoms with E-state index in [0.29, 0.717) is 5.69 Å². The first-order valence-corrected chi connectivity index (χ1v) is 7.94. The summed E-state index contributed by atoms with van der Waals surface area (Å²) in [6.45, 7) is 6.16. The van der Waals surface area contributed by atoms with Gasteiger partial charge in [-0.25, -0.2) is 4.98 Å². The minimum absolute atomic E-state index is 0.0275. The number of hydrogen-bond acceptors (Lipinski definition) is 5. The molecule has 3 heterocycles. The van der Waals surface area contributed by atoms with E-state index >= 15 is 0 Å². The molecule has 5 nitrogen and oxygen atoms in total. The Hall–Kier alpha value is -1.79. The van der Waals surface area contributed by atoms with Gasteiger partial charge in [0, 0.05) is 44.3 Å². The number of amides is 1. The van der Waals surface area contributed by atoms with Gasteiger partial charge in [0.05, 0.1) is 10.7 Å². The summed E-state index contributed by atoms with van der Waals surface area (Å²) in [4.78, 5) is 25.1. The molecule has 1 aliphatic rings. The van der Waals surface area contributed by atoms with Crippen molar-refractivity contribution < 1.29 is 4.79 Å². The van der Waals surface area contributed by atoms with E-state index in [-0.39, 0.29) is 5.91 Å². The molecule has 21 heavy (non-hydrogen) atoms. The molecule has 2 aromatic heterocycles. The fourth-order valence-corrected chi connectivity index (χ4v) is 3.07. The number of hydrogen-bond donors (Lipinski definition) is 0. The number of pyridine rings is 1. The van der Waals surface area contributed by atoms with E-state index in [0.717, 1.165) is 43.4 Å². The Morgan fingerprint density at radius 2 is 2.10 bits per heavy atom. The van der Waals surface area contributed by atoms with Crippen molar-refractivity contribution in [3.63, 3.8) is 0 Å². The van der Waals surface area contributed by atoms with Gasteiger partial charge >= 0.3 is 0 Å². The predicted octanol–water partition coefficient (Wildman–Crippen LogP) is 1.80. The molecular formula is C15H18N4OS. The average molecular weight is 302 g/mol. The van der Waals surface area contributed by atoms with Gasteiger partial charge in [-0.05, 0) is 19.1 Å². The predicted molar refractivity (Wildman–Crippen MR) is 82.3 cm³/mol. The second kappa shape index (κ2) is 6.32. The van der Waals surface area contributed by atoms with Crippen LogP contribution in [0.4, 0.5) is 0 Å². The van der Waals surface area contributed by atoms with Crippen LogP contribution in [-0.2, 0) is 6.54 Å². The van der Waals surface area contributed by atoms with Gasteiger partial charge in [0.25, 0.3) is 5.91 Å². The number of piperazine rings is 1. The molecule has 0 radical (unpaired) electrons. The van der Waals surface area contributed by atoms with Crippen molar-refractivity contribution in [2.24, 2.45) is 0 Å². The number of carbonyl (C=O) groups is 1. The highest BCUT2D eigenvalue weighted by molar-refractivity contribution is 7.09. The minimum Gasteiger partial charge on any atom is -0.335 e. The van der Waals surface area contributed by atoms with Crippen LogP contribution in [0.5, 0.6) is 0 Å². The number of aryl methyl sites for hydroxylation is 1. The summed E-state index contributed by atoms with van der Waals surface area (Å²) in [6.07, 6.45) is 1.66. The molecule has 1 amide bonds. The lowest BCUT2D eigenvalue weighted by atomic mass is 10.2. The van der Waals surface area contributed by atoms with Gasteiger partial charge < -0.3 is 4.90 Å². The first-order valence-electron chi connectivity index (χ1n) is 7.06. The van der Waals surface area contributed by atoms with Crippen molar-refractivity contribution in [2.45, 2.75) is 13.5 Å². The molecule has 0 unspecified atom stereocenters. The Morgan fingerprint density at radius 1 is 1.29 bits per heavy atom. The Labute approximate surface area is 128 Å². The third-order valence-corrected chi connectivity index (χ3v) is 4.42. The van der Waals surface area contributed by atoms with E-state index in [1.165, 1.54) is 0 Å². The number of thiazole rings is 1. The molecule has 3 rings (SSSR count). The highest BCUT2D eigenvalue weighted by Crippen LogP contribution is 2.13. The lowest BCUT2D eigenvalue weighted by molar-refractivity contribution is 0.0621. The Kier molecular flexibility index (Phi) is 4.26. The van der Waals surface area contributed by atoms with Crippen LogP contribution in [0.1, 0.15) is 21.2 Å². The van der Waals surface area contributed by atoms with Gasteiger partial charge in [-0.1, -0.05) is 6.07 Å². The topological polar surface area (TPSA) is 49.3 Å². The molecule has 0 aliphatic carbocycles. The smallest absolute Gasteiger partial charge is 0.272 e. The molecule has 0 atom stereocenters. The molecule has 2 aromatic rings. The third kappa shape index (κ3) is 3.46. The summed E-state index contributed by atoms with van der Waals surface area (Å²) >= 11 is 1.69. The summed E-state index contributed by atoms with van der Waals surface area (Å²) in [5.41, 5.74) is 1.66. The Bertz CT molecular complexity index is 605. The van der Waals surface area contributed by atoms with Crippen molar-refractivity contribution in [3.8, 4) is 0 Å². The average Bonchev–Trinajstić information content (AvgIpc) is 2.93. The summed E-state index contributed by atoms with van der Waals surface area (Å²) in [6, 6.07) is 5.44. The van der Waals surface area contributed by atoms with Crippen LogP contribution >= 0.6 is 11.3 Å². The summed E-state index contributed by atoms with van der Waals surface area (Å²) in [7, 11) is 0. The van der Waals surface area contributed by atoms with Gasteiger partial charge in [0.1, 0.15) is 5.69 Å². The second-order valence-corrected chi connectivity index (χ2v) is 6.20. The SMILES string of the molecule is Cc1nc(CN2CCN(C(=O)c3ccccn3)CC2)cs1. The third-order valence-electron chi connectivity index (χ3n) is 3.60. The molecule has 1 saturated heterocycles. The van der Waals surface area contributed by atoms with Crippen molar-refractivity contribution >= 4 is 17.2 Å². The lowest BCUT2D eigenvalue weighted by Gasteiger charge is -2.34. The van der Waals surface area contributed by atoms with Crippen LogP contribution < -0.4 is 0 Å². The van der Waals surface area contributed by atoms with Crippen LogP contribution in [0.3, 0.4) is 0 Å². The van der Waals surface area contributed by atoms with Gasteiger partial charge in [-0.3, -0.25) is 14.7 Å². The van der Waals surface area contributed by atoms with Crippen LogP contribution in [0.25, 0.3) is 0 Å². The lowest BCUT2D eigenvalue weighted by Crippen LogP contribution is -2.48. The van der Waals surface area contributed by atoms with E-state index in [1.54, 1.807) is 23.6 Å². The molecule has 0 aromatic carbocycles. The van der Waals surface area contributed by atoms with Gasteiger partial charge in [-0.15, -0.1) is 11.3 Å². The quantitative estimate of drug-likeness (QED) is 0.867. The maximum atomic E-state index is 12.3. The normalized spacial score (nSPS) is 16.1. The van der Waals surface area contributed by atoms with Crippen molar-refractivity contribution in [1.82, 2.24) is 19.8 Å². The van der Waals surface area contributed by atoms with Crippen LogP contribution in [0.2, 0.25) is 0 Å². The second-order valence-electron chi connectivity index (χ2n) is 5.14. The van der Waals surface area contributed by atoms with Gasteiger partial charge in [0.2, 0.25) is 0 Å². The zero-order valence-corrected chi connectivity index (χ0v) is 12.8. The van der Waals surface area contributed by atoms with E-state index in [4.69, 9.17) is 0 Å². The molecule has 0 N–H and O–H groups in total. The standard InChI is InChI=1S/C15H18N4OS/c1-12-17-13(11-21-12)10-18-6-8-19(9-7-18)15(20)14-4-2-3-5-16-14/h2-5,11H,6-10H2,1H3. The maximum Gasteiger partial charge on any atom is 0.272 e. The zero-order valence-electron chi connectivity index (χ0n) is 12.0. The van der Waals surface area contributed by atoms with Crippen LogP contribution in [0, 0.1) is 6.92 Å². The molecular weight excluding hydrogens is 284 g/mol. The van der Waals surface area contributed by atoms with E-state index in [9.17, 15) is 4.79 Å². The Balaban J connectivity index is 1.54. The first kappa shape index (κ1) is 14.2. The number of carbonyl (C=O) groups excluding carboxylic acids is 1. The van der Waals surface area contributed by atoms with Gasteiger partial charge in [0.15, 0.2) is 0 Å². The molecule has 0 spiro atoms. The first-order chi connectivity index (χ1) is 10.2. The molecule has 1 aliphatic heterocycles. The van der Waals surface area contributed by atoms with Crippen LogP contribution in [0.15, 0.2) is 29.8 Å². The largest absolute Gasteiger partial charge is 0.335 e. The fourth-order valence-electron chi connectivity index (χ4n) is 2.47. The van der Waals surface area contributed by atoms with Crippen molar-refractivity contribution in [1.29, 1.82) is 0 Å². The molecule has 1 fully saturated rings. The van der Waals surface area contributed by atoms with E-state index in [1.807, 2.05) is 24.0 Å². The highest BCUT2D eigenvalue weighted by atomic mass is 32.1. The molecule has 110 valence electrons.